The van der Waals surface area contributed by atoms with Gasteiger partial charge in [-0.05, 0) is 43.3 Å². The number of hydrogen-bond acceptors (Lipinski definition) is 4. The van der Waals surface area contributed by atoms with Crippen LogP contribution in [-0.4, -0.2) is 11.7 Å². The highest BCUT2D eigenvalue weighted by Gasteiger charge is 2.24. The van der Waals surface area contributed by atoms with E-state index in [2.05, 4.69) is 5.32 Å². The summed E-state index contributed by atoms with van der Waals surface area (Å²) in [4.78, 5) is 24.0. The van der Waals surface area contributed by atoms with Gasteiger partial charge in [0.2, 0.25) is 5.91 Å². The van der Waals surface area contributed by atoms with Crippen molar-refractivity contribution in [2.45, 2.75) is 6.92 Å². The summed E-state index contributed by atoms with van der Waals surface area (Å²) < 4.78 is 5.28. The average Bonchev–Trinajstić information content (AvgIpc) is 2.92. The second-order valence-corrected chi connectivity index (χ2v) is 4.60. The van der Waals surface area contributed by atoms with Crippen LogP contribution in [0.3, 0.4) is 0 Å². The quantitative estimate of drug-likeness (QED) is 0.679. The molecule has 1 heterocycles. The van der Waals surface area contributed by atoms with Crippen molar-refractivity contribution in [2.75, 3.05) is 5.32 Å². The summed E-state index contributed by atoms with van der Waals surface area (Å²) in [5.74, 6) is -1.44. The molecule has 0 unspecified atom stereocenters. The number of carbonyl (C=O) groups is 2. The smallest absolute Gasteiger partial charge is 0.249 e. The van der Waals surface area contributed by atoms with Crippen molar-refractivity contribution >= 4 is 23.5 Å². The molecular formula is C17H14N2O3. The van der Waals surface area contributed by atoms with Crippen LogP contribution >= 0.6 is 0 Å². The van der Waals surface area contributed by atoms with Crippen LogP contribution in [0.25, 0.3) is 6.08 Å². The number of para-hydroxylation sites is 1. The van der Waals surface area contributed by atoms with Crippen LogP contribution < -0.4 is 5.32 Å². The van der Waals surface area contributed by atoms with Crippen LogP contribution in [0.5, 0.6) is 0 Å². The van der Waals surface area contributed by atoms with Gasteiger partial charge in [0.05, 0.1) is 6.07 Å². The number of amides is 1. The number of ketones is 1. The Balaban J connectivity index is 2.04. The molecule has 1 aromatic heterocycles. The number of aryl methyl sites for hydroxylation is 1. The van der Waals surface area contributed by atoms with E-state index in [1.165, 1.54) is 12.2 Å². The van der Waals surface area contributed by atoms with Crippen LogP contribution in [0.15, 0.2) is 53.0 Å². The molecule has 1 amide bonds. The minimum atomic E-state index is -1.40. The van der Waals surface area contributed by atoms with Crippen molar-refractivity contribution in [3.63, 3.8) is 0 Å². The van der Waals surface area contributed by atoms with E-state index in [4.69, 9.17) is 9.68 Å². The lowest BCUT2D eigenvalue weighted by atomic mass is 10.0. The molecule has 0 saturated carbocycles. The Kier molecular flexibility index (Phi) is 4.89. The monoisotopic (exact) mass is 294 g/mol. The number of nitrogens with zero attached hydrogens (tertiary/aromatic N) is 1. The number of furan rings is 1. The molecule has 0 aliphatic rings. The maximum absolute atomic E-state index is 12.0. The van der Waals surface area contributed by atoms with E-state index in [1.807, 2.05) is 0 Å². The molecule has 0 bridgehead atoms. The van der Waals surface area contributed by atoms with Crippen molar-refractivity contribution in [3.05, 3.63) is 60.1 Å². The van der Waals surface area contributed by atoms with Gasteiger partial charge in [-0.25, -0.2) is 0 Å². The summed E-state index contributed by atoms with van der Waals surface area (Å²) in [6.45, 7) is 1.78. The van der Waals surface area contributed by atoms with Gasteiger partial charge in [0.15, 0.2) is 11.7 Å². The molecule has 2 aromatic rings. The largest absolute Gasteiger partial charge is 0.462 e. The lowest BCUT2D eigenvalue weighted by Crippen LogP contribution is -2.27. The molecule has 2 rings (SSSR count). The highest BCUT2D eigenvalue weighted by molar-refractivity contribution is 6.14. The molecule has 22 heavy (non-hydrogen) atoms. The van der Waals surface area contributed by atoms with Gasteiger partial charge < -0.3 is 9.73 Å². The number of hydrogen-bond donors (Lipinski definition) is 1. The molecule has 1 N–H and O–H groups in total. The van der Waals surface area contributed by atoms with Gasteiger partial charge in [-0.1, -0.05) is 18.2 Å². The fourth-order valence-electron chi connectivity index (χ4n) is 1.79. The maximum atomic E-state index is 12.0. The van der Waals surface area contributed by atoms with Gasteiger partial charge in [-0.2, -0.15) is 5.26 Å². The Morgan fingerprint density at radius 3 is 2.55 bits per heavy atom. The van der Waals surface area contributed by atoms with Crippen molar-refractivity contribution in [3.8, 4) is 6.07 Å². The van der Waals surface area contributed by atoms with E-state index in [0.717, 1.165) is 0 Å². The highest BCUT2D eigenvalue weighted by atomic mass is 16.3. The highest BCUT2D eigenvalue weighted by Crippen LogP contribution is 2.11. The lowest BCUT2D eigenvalue weighted by Gasteiger charge is -2.07. The molecule has 0 saturated heterocycles. The van der Waals surface area contributed by atoms with Gasteiger partial charge in [0.1, 0.15) is 11.5 Å². The van der Waals surface area contributed by atoms with Crippen LogP contribution in [0.4, 0.5) is 5.69 Å². The van der Waals surface area contributed by atoms with E-state index in [9.17, 15) is 9.59 Å². The molecule has 1 atom stereocenters. The zero-order valence-electron chi connectivity index (χ0n) is 11.9. The summed E-state index contributed by atoms with van der Waals surface area (Å²) >= 11 is 0. The molecule has 1 aromatic carbocycles. The summed E-state index contributed by atoms with van der Waals surface area (Å²) in [6, 6.07) is 13.8. The predicted octanol–water partition coefficient (Wildman–Crippen LogP) is 2.95. The zero-order valence-corrected chi connectivity index (χ0v) is 11.9. The van der Waals surface area contributed by atoms with Gasteiger partial charge >= 0.3 is 0 Å². The summed E-state index contributed by atoms with van der Waals surface area (Å²) in [7, 11) is 0. The molecule has 0 spiro atoms. The number of benzene rings is 1. The Hall–Kier alpha value is -3.13. The first-order chi connectivity index (χ1) is 10.6. The van der Waals surface area contributed by atoms with Gasteiger partial charge in [-0.15, -0.1) is 0 Å². The SMILES string of the molecule is Cc1ccc(/C=C/C(=O)[C@H](C#N)C(=O)Nc2ccccc2)o1. The number of carbonyl (C=O) groups excluding carboxylic acids is 2. The average molecular weight is 294 g/mol. The third-order valence-corrected chi connectivity index (χ3v) is 2.89. The first kappa shape index (κ1) is 15.3. The number of nitrogens with one attached hydrogen (secondary N) is 1. The second kappa shape index (κ2) is 7.04. The fourth-order valence-corrected chi connectivity index (χ4v) is 1.79. The number of rotatable bonds is 5. The first-order valence-electron chi connectivity index (χ1n) is 6.64. The molecule has 110 valence electrons. The summed E-state index contributed by atoms with van der Waals surface area (Å²) in [5.41, 5.74) is 0.534. The number of nitriles is 1. The fraction of sp³-hybridized carbons (Fsp3) is 0.118. The van der Waals surface area contributed by atoms with E-state index in [0.29, 0.717) is 17.2 Å². The van der Waals surface area contributed by atoms with Crippen molar-refractivity contribution < 1.29 is 14.0 Å². The van der Waals surface area contributed by atoms with Crippen LogP contribution in [0.2, 0.25) is 0 Å². The van der Waals surface area contributed by atoms with Crippen LogP contribution in [-0.2, 0) is 9.59 Å². The Morgan fingerprint density at radius 2 is 1.95 bits per heavy atom. The topological polar surface area (TPSA) is 83.1 Å². The lowest BCUT2D eigenvalue weighted by molar-refractivity contribution is -0.126. The number of allylic oxidation sites excluding steroid dienone is 1. The van der Waals surface area contributed by atoms with E-state index in [1.54, 1.807) is 55.5 Å². The molecule has 0 aliphatic heterocycles. The molecule has 0 aliphatic carbocycles. The van der Waals surface area contributed by atoms with E-state index >= 15 is 0 Å². The van der Waals surface area contributed by atoms with E-state index < -0.39 is 17.6 Å². The van der Waals surface area contributed by atoms with Gasteiger partial charge in [0, 0.05) is 5.69 Å². The van der Waals surface area contributed by atoms with Gasteiger partial charge in [-0.3, -0.25) is 9.59 Å². The third kappa shape index (κ3) is 3.93. The molecule has 5 heteroatoms. The Bertz CT molecular complexity index is 739. The predicted molar refractivity (Wildman–Crippen MR) is 81.7 cm³/mol. The maximum Gasteiger partial charge on any atom is 0.249 e. The minimum Gasteiger partial charge on any atom is -0.462 e. The second-order valence-electron chi connectivity index (χ2n) is 4.60. The Labute approximate surface area is 127 Å². The van der Waals surface area contributed by atoms with Crippen molar-refractivity contribution in [1.82, 2.24) is 0 Å². The first-order valence-corrected chi connectivity index (χ1v) is 6.64. The normalized spacial score (nSPS) is 11.8. The van der Waals surface area contributed by atoms with Crippen molar-refractivity contribution in [1.29, 1.82) is 5.26 Å². The molecule has 0 radical (unpaired) electrons. The summed E-state index contributed by atoms with van der Waals surface area (Å²) in [6.07, 6.45) is 2.62. The molecule has 0 fully saturated rings. The third-order valence-electron chi connectivity index (χ3n) is 2.89. The standard InChI is InChI=1S/C17H14N2O3/c1-12-7-8-14(22-12)9-10-16(20)15(11-18)17(21)19-13-5-3-2-4-6-13/h2-10,15H,1H3,(H,19,21)/b10-9+/t15-/m0/s1. The zero-order chi connectivity index (χ0) is 15.9. The van der Waals surface area contributed by atoms with Crippen molar-refractivity contribution in [2.24, 2.45) is 5.92 Å². The number of anilines is 1. The molecular weight excluding hydrogens is 280 g/mol. The summed E-state index contributed by atoms with van der Waals surface area (Å²) in [5, 5.41) is 11.6. The minimum absolute atomic E-state index is 0.492. The van der Waals surface area contributed by atoms with E-state index in [-0.39, 0.29) is 0 Å². The molecule has 5 nitrogen and oxygen atoms in total. The van der Waals surface area contributed by atoms with Gasteiger partial charge in [0.25, 0.3) is 0 Å². The van der Waals surface area contributed by atoms with Crippen LogP contribution in [0, 0.1) is 24.2 Å². The Morgan fingerprint density at radius 1 is 1.23 bits per heavy atom. The van der Waals surface area contributed by atoms with Crippen LogP contribution in [0.1, 0.15) is 11.5 Å².